The third-order valence-corrected chi connectivity index (χ3v) is 7.32. The number of hydrogen-bond donors (Lipinski definition) is 3. The van der Waals surface area contributed by atoms with E-state index in [4.69, 9.17) is 5.11 Å². The molecule has 3 N–H and O–H groups in total. The van der Waals surface area contributed by atoms with Crippen molar-refractivity contribution in [2.45, 2.75) is 11.8 Å². The number of amides is 1. The largest absolute Gasteiger partial charge is 0.480 e. The highest BCUT2D eigenvalue weighted by atomic mass is 32.2. The van der Waals surface area contributed by atoms with Crippen molar-refractivity contribution in [1.82, 2.24) is 14.9 Å². The Morgan fingerprint density at radius 3 is 2.49 bits per heavy atom. The van der Waals surface area contributed by atoms with E-state index < -0.39 is 51.5 Å². The number of rotatable bonds is 6. The summed E-state index contributed by atoms with van der Waals surface area (Å²) >= 11 is 0. The van der Waals surface area contributed by atoms with E-state index in [0.29, 0.717) is 28.1 Å². The topological polar surface area (TPSA) is 142 Å². The van der Waals surface area contributed by atoms with Gasteiger partial charge in [-0.15, -0.1) is 0 Å². The third kappa shape index (κ3) is 4.65. The number of sulfone groups is 1. The van der Waals surface area contributed by atoms with Crippen molar-refractivity contribution in [3.8, 4) is 11.1 Å². The van der Waals surface area contributed by atoms with Crippen molar-refractivity contribution in [2.75, 3.05) is 17.7 Å². The van der Waals surface area contributed by atoms with Crippen molar-refractivity contribution < 1.29 is 31.9 Å². The maximum atomic E-state index is 15.3. The standard InChI is InChI=1S/C26H22F2N4O6S/c1-31-11-17-15-7-13(12-39(2,37)38)3-5-19(15)32(20-6-4-14(27)8-18(20)28)24(25(35)30-10-21(33)34)16-9-29-23(22(16)17)26(31)36/h3-9,11,24,29H,10,12H2,1-2H3,(H,30,35)(H,33,34). The predicted molar refractivity (Wildman–Crippen MR) is 139 cm³/mol. The Labute approximate surface area is 220 Å². The highest BCUT2D eigenvalue weighted by Gasteiger charge is 2.38. The number of fused-ring (bicyclic) bond motifs is 2. The normalized spacial score (nSPS) is 14.7. The minimum atomic E-state index is -3.44. The highest BCUT2D eigenvalue weighted by Crippen LogP contribution is 2.49. The van der Waals surface area contributed by atoms with Gasteiger partial charge in [0.15, 0.2) is 9.84 Å². The molecule has 1 unspecified atom stereocenters. The number of aromatic nitrogens is 2. The molecule has 0 radical (unpaired) electrons. The number of aliphatic carboxylic acids is 1. The Balaban J connectivity index is 1.90. The van der Waals surface area contributed by atoms with Crippen LogP contribution in [0.15, 0.2) is 53.6 Å². The molecule has 0 saturated carbocycles. The zero-order valence-corrected chi connectivity index (χ0v) is 21.5. The van der Waals surface area contributed by atoms with Crippen LogP contribution in [0.1, 0.15) is 17.2 Å². The number of H-pyrrole nitrogens is 1. The molecule has 10 nitrogen and oxygen atoms in total. The molecular formula is C26H22F2N4O6S. The minimum Gasteiger partial charge on any atom is -0.480 e. The van der Waals surface area contributed by atoms with Gasteiger partial charge in [0.05, 0.1) is 17.1 Å². The summed E-state index contributed by atoms with van der Waals surface area (Å²) < 4.78 is 54.7. The van der Waals surface area contributed by atoms with Crippen molar-refractivity contribution in [3.05, 3.63) is 81.9 Å². The van der Waals surface area contributed by atoms with Crippen LogP contribution in [0.4, 0.5) is 20.2 Å². The van der Waals surface area contributed by atoms with Gasteiger partial charge in [0.1, 0.15) is 29.7 Å². The number of aryl methyl sites for hydroxylation is 1. The Hall–Kier alpha value is -4.52. The number of halogens is 2. The second kappa shape index (κ2) is 9.34. The maximum absolute atomic E-state index is 15.3. The van der Waals surface area contributed by atoms with E-state index in [9.17, 15) is 27.2 Å². The average Bonchev–Trinajstić information content (AvgIpc) is 3.23. The smallest absolute Gasteiger partial charge is 0.322 e. The molecule has 0 bridgehead atoms. The molecule has 4 aromatic rings. The fourth-order valence-electron chi connectivity index (χ4n) is 4.95. The van der Waals surface area contributed by atoms with E-state index in [2.05, 4.69) is 10.3 Å². The van der Waals surface area contributed by atoms with Crippen molar-refractivity contribution in [3.63, 3.8) is 0 Å². The van der Waals surface area contributed by atoms with Crippen LogP contribution in [0.3, 0.4) is 0 Å². The summed E-state index contributed by atoms with van der Waals surface area (Å²) in [5.74, 6) is -4.28. The number of pyridine rings is 1. The number of benzene rings is 2. The molecule has 39 heavy (non-hydrogen) atoms. The number of nitrogens with zero attached hydrogens (tertiary/aromatic N) is 2. The van der Waals surface area contributed by atoms with Crippen LogP contribution in [0, 0.1) is 11.6 Å². The van der Waals surface area contributed by atoms with Gasteiger partial charge in [0.25, 0.3) is 5.56 Å². The second-order valence-corrected chi connectivity index (χ2v) is 11.5. The van der Waals surface area contributed by atoms with E-state index in [0.717, 1.165) is 18.4 Å². The lowest BCUT2D eigenvalue weighted by Crippen LogP contribution is -2.40. The van der Waals surface area contributed by atoms with Gasteiger partial charge in [-0.1, -0.05) is 6.07 Å². The minimum absolute atomic E-state index is 0.141. The number of aromatic amines is 1. The van der Waals surface area contributed by atoms with E-state index >= 15 is 4.39 Å². The van der Waals surface area contributed by atoms with Gasteiger partial charge in [0.2, 0.25) is 5.91 Å². The molecule has 2 aromatic heterocycles. The van der Waals surface area contributed by atoms with Crippen LogP contribution < -0.4 is 15.8 Å². The molecular weight excluding hydrogens is 534 g/mol. The molecule has 1 atom stereocenters. The second-order valence-electron chi connectivity index (χ2n) is 9.35. The lowest BCUT2D eigenvalue weighted by atomic mass is 9.98. The molecule has 1 aliphatic rings. The number of anilines is 2. The average molecular weight is 557 g/mol. The molecule has 0 fully saturated rings. The molecule has 13 heteroatoms. The lowest BCUT2D eigenvalue weighted by molar-refractivity contribution is -0.138. The molecule has 5 rings (SSSR count). The number of nitrogens with one attached hydrogen (secondary N) is 2. The van der Waals surface area contributed by atoms with Gasteiger partial charge in [-0.25, -0.2) is 17.2 Å². The fraction of sp³-hybridized carbons (Fsp3) is 0.192. The van der Waals surface area contributed by atoms with E-state index in [1.165, 1.54) is 41.0 Å². The van der Waals surface area contributed by atoms with Gasteiger partial charge in [-0.2, -0.15) is 0 Å². The zero-order chi connectivity index (χ0) is 28.2. The highest BCUT2D eigenvalue weighted by molar-refractivity contribution is 7.89. The van der Waals surface area contributed by atoms with Crippen LogP contribution in [0.5, 0.6) is 0 Å². The number of carbonyl (C=O) groups is 2. The summed E-state index contributed by atoms with van der Waals surface area (Å²) in [5, 5.41) is 11.8. The van der Waals surface area contributed by atoms with E-state index in [1.54, 1.807) is 6.07 Å². The summed E-state index contributed by atoms with van der Waals surface area (Å²) in [6.07, 6.45) is 4.02. The summed E-state index contributed by atoms with van der Waals surface area (Å²) in [5.41, 5.74) is 1.27. The Bertz CT molecular complexity index is 1850. The summed E-state index contributed by atoms with van der Waals surface area (Å²) in [7, 11) is -1.92. The molecule has 0 aliphatic carbocycles. The molecule has 202 valence electrons. The predicted octanol–water partition coefficient (Wildman–Crippen LogP) is 2.75. The van der Waals surface area contributed by atoms with Crippen LogP contribution >= 0.6 is 0 Å². The summed E-state index contributed by atoms with van der Waals surface area (Å²) in [6.45, 7) is -0.730. The van der Waals surface area contributed by atoms with Gasteiger partial charge in [-0.05, 0) is 29.8 Å². The van der Waals surface area contributed by atoms with Gasteiger partial charge >= 0.3 is 5.97 Å². The first-order chi connectivity index (χ1) is 18.4. The molecule has 0 saturated heterocycles. The van der Waals surface area contributed by atoms with Crippen molar-refractivity contribution in [1.29, 1.82) is 0 Å². The number of carboxylic acids is 1. The number of carboxylic acid groups (broad SMARTS) is 1. The SMILES string of the molecule is Cn1cc2c3c(c[nH]c3c1=O)C(C(=O)NCC(=O)O)N(c1ccc(F)cc1F)c1ccc(CS(C)(=O)=O)cc1-2. The molecule has 3 heterocycles. The Morgan fingerprint density at radius 2 is 1.82 bits per heavy atom. The summed E-state index contributed by atoms with van der Waals surface area (Å²) in [4.78, 5) is 42.0. The molecule has 1 aliphatic heterocycles. The van der Waals surface area contributed by atoms with Crippen LogP contribution in [-0.4, -0.2) is 47.8 Å². The fourth-order valence-corrected chi connectivity index (χ4v) is 5.74. The van der Waals surface area contributed by atoms with Gasteiger partial charge < -0.3 is 24.9 Å². The molecule has 0 spiro atoms. The lowest BCUT2D eigenvalue weighted by Gasteiger charge is -2.33. The molecule has 2 aromatic carbocycles. The van der Waals surface area contributed by atoms with Gasteiger partial charge in [-0.3, -0.25) is 14.4 Å². The maximum Gasteiger partial charge on any atom is 0.322 e. The quantitative estimate of drug-likeness (QED) is 0.332. The Kier molecular flexibility index (Phi) is 6.25. The van der Waals surface area contributed by atoms with Crippen LogP contribution in [0.2, 0.25) is 0 Å². The van der Waals surface area contributed by atoms with E-state index in [1.807, 2.05) is 0 Å². The van der Waals surface area contributed by atoms with Crippen molar-refractivity contribution >= 4 is 44.0 Å². The first-order valence-corrected chi connectivity index (χ1v) is 13.7. The van der Waals surface area contributed by atoms with Gasteiger partial charge in [0, 0.05) is 53.8 Å². The van der Waals surface area contributed by atoms with Crippen LogP contribution in [-0.2, 0) is 32.2 Å². The monoisotopic (exact) mass is 556 g/mol. The number of hydrogen-bond acceptors (Lipinski definition) is 6. The Morgan fingerprint density at radius 1 is 1.10 bits per heavy atom. The first kappa shape index (κ1) is 26.1. The zero-order valence-electron chi connectivity index (χ0n) is 20.7. The summed E-state index contributed by atoms with van der Waals surface area (Å²) in [6, 6.07) is 6.03. The van der Waals surface area contributed by atoms with Crippen molar-refractivity contribution in [2.24, 2.45) is 7.05 Å². The number of carbonyl (C=O) groups excluding carboxylic acids is 1. The third-order valence-electron chi connectivity index (χ3n) is 6.46. The molecule has 1 amide bonds. The first-order valence-electron chi connectivity index (χ1n) is 11.6. The van der Waals surface area contributed by atoms with Crippen LogP contribution in [0.25, 0.3) is 22.0 Å². The van der Waals surface area contributed by atoms with E-state index in [-0.39, 0.29) is 28.2 Å².